The monoisotopic (exact) mass is 484 g/mol. The first-order valence-corrected chi connectivity index (χ1v) is 12.8. The van der Waals surface area contributed by atoms with Crippen molar-refractivity contribution in [3.8, 4) is 16.5 Å². The molecule has 4 heterocycles. The summed E-state index contributed by atoms with van der Waals surface area (Å²) in [5, 5.41) is 8.88. The van der Waals surface area contributed by atoms with Gasteiger partial charge in [-0.15, -0.1) is 5.10 Å². The smallest absolute Gasteiger partial charge is 0.328 e. The van der Waals surface area contributed by atoms with Crippen LogP contribution in [0.25, 0.3) is 16.2 Å². The number of hydrogen-bond donors (Lipinski definition) is 0. The van der Waals surface area contributed by atoms with E-state index in [1.807, 2.05) is 37.1 Å². The molecular formula is C21H20N6O4S2. The topological polar surface area (TPSA) is 116 Å². The molecule has 10 nitrogen and oxygen atoms in total. The van der Waals surface area contributed by atoms with Crippen molar-refractivity contribution in [3.63, 3.8) is 0 Å². The molecule has 0 radical (unpaired) electrons. The van der Waals surface area contributed by atoms with Crippen molar-refractivity contribution < 1.29 is 17.7 Å². The maximum Gasteiger partial charge on any atom is 0.328 e. The van der Waals surface area contributed by atoms with Crippen LogP contribution in [-0.2, 0) is 9.84 Å². The number of ether oxygens (including phenoxy) is 1. The summed E-state index contributed by atoms with van der Waals surface area (Å²) in [5.74, 6) is 1.52. The summed E-state index contributed by atoms with van der Waals surface area (Å²) in [7, 11) is -3.24. The highest BCUT2D eigenvalue weighted by Gasteiger charge is 2.18. The second kappa shape index (κ2) is 8.12. The zero-order chi connectivity index (χ0) is 23.2. The van der Waals surface area contributed by atoms with E-state index in [1.54, 1.807) is 35.0 Å². The third-order valence-corrected chi connectivity index (χ3v) is 6.84. The highest BCUT2D eigenvalue weighted by Crippen LogP contribution is 2.28. The molecule has 0 amide bonds. The molecule has 4 aromatic rings. The lowest BCUT2D eigenvalue weighted by Crippen LogP contribution is -2.20. The van der Waals surface area contributed by atoms with Crippen LogP contribution in [0.3, 0.4) is 0 Å². The number of rotatable bonds is 6. The molecule has 0 saturated heterocycles. The molecule has 1 aromatic carbocycles. The van der Waals surface area contributed by atoms with E-state index in [-0.39, 0.29) is 10.8 Å². The van der Waals surface area contributed by atoms with Crippen LogP contribution < -0.4 is 9.64 Å². The van der Waals surface area contributed by atoms with Crippen molar-refractivity contribution in [3.05, 3.63) is 60.4 Å². The molecule has 5 rings (SSSR count). The van der Waals surface area contributed by atoms with E-state index in [4.69, 9.17) is 9.26 Å². The molecule has 0 saturated carbocycles. The zero-order valence-corrected chi connectivity index (χ0v) is 19.7. The predicted molar refractivity (Wildman–Crippen MR) is 123 cm³/mol. The van der Waals surface area contributed by atoms with Crippen LogP contribution in [0.5, 0.6) is 5.19 Å². The zero-order valence-electron chi connectivity index (χ0n) is 18.0. The second-order valence-electron chi connectivity index (χ2n) is 7.78. The van der Waals surface area contributed by atoms with Gasteiger partial charge >= 0.3 is 6.01 Å². The Hall–Kier alpha value is -3.51. The Labute approximate surface area is 193 Å². The van der Waals surface area contributed by atoms with Gasteiger partial charge in [0.05, 0.1) is 16.8 Å². The Kier molecular flexibility index (Phi) is 5.25. The Bertz CT molecular complexity index is 1450. The van der Waals surface area contributed by atoms with E-state index in [2.05, 4.69) is 20.2 Å². The quantitative estimate of drug-likeness (QED) is 0.404. The van der Waals surface area contributed by atoms with Crippen molar-refractivity contribution in [1.82, 2.24) is 24.7 Å². The van der Waals surface area contributed by atoms with Crippen LogP contribution >= 0.6 is 11.3 Å². The average molecular weight is 485 g/mol. The van der Waals surface area contributed by atoms with Gasteiger partial charge in [0.25, 0.3) is 5.19 Å². The molecule has 1 aliphatic rings. The largest absolute Gasteiger partial charge is 0.430 e. The lowest BCUT2D eigenvalue weighted by atomic mass is 10.2. The van der Waals surface area contributed by atoms with Gasteiger partial charge in [-0.1, -0.05) is 31.1 Å². The van der Waals surface area contributed by atoms with Gasteiger partial charge in [-0.2, -0.15) is 4.98 Å². The van der Waals surface area contributed by atoms with E-state index in [0.717, 1.165) is 5.56 Å². The van der Waals surface area contributed by atoms with Gasteiger partial charge < -0.3 is 9.26 Å². The van der Waals surface area contributed by atoms with Crippen LogP contribution in [0.4, 0.5) is 6.01 Å². The van der Waals surface area contributed by atoms with Crippen molar-refractivity contribution in [1.29, 1.82) is 0 Å². The summed E-state index contributed by atoms with van der Waals surface area (Å²) >= 11 is 1.31. The third kappa shape index (κ3) is 4.39. The molecule has 0 aliphatic carbocycles. The lowest BCUT2D eigenvalue weighted by Gasteiger charge is -2.17. The second-order valence-corrected chi connectivity index (χ2v) is 10.7. The summed E-state index contributed by atoms with van der Waals surface area (Å²) in [6.45, 7) is 4.55. The number of sulfone groups is 1. The molecule has 170 valence electrons. The minimum atomic E-state index is -3.24. The molecule has 3 aromatic heterocycles. The average Bonchev–Trinajstić information content (AvgIpc) is 3.49. The highest BCUT2D eigenvalue weighted by atomic mass is 32.2. The number of nitrogens with zero attached hydrogens (tertiary/aromatic N) is 6. The Morgan fingerprint density at radius 1 is 1.18 bits per heavy atom. The number of allylic oxidation sites excluding steroid dienone is 1. The van der Waals surface area contributed by atoms with E-state index in [1.165, 1.54) is 17.6 Å². The number of aromatic nitrogens is 5. The fourth-order valence-corrected chi connectivity index (χ4v) is 4.50. The molecule has 0 atom stereocenters. The van der Waals surface area contributed by atoms with Gasteiger partial charge in [0.1, 0.15) is 5.76 Å². The van der Waals surface area contributed by atoms with Crippen molar-refractivity contribution in [2.24, 2.45) is 0 Å². The number of imidazole rings is 1. The molecule has 12 heteroatoms. The Morgan fingerprint density at radius 2 is 1.97 bits per heavy atom. The van der Waals surface area contributed by atoms with Gasteiger partial charge in [0, 0.05) is 30.5 Å². The standard InChI is InChI=1S/C21H20N6O4S2/c1-13(2)18-23-19(31-25-18)26-10-8-15(9-11-26)30-21-24-27-12-17(22-20(27)32-21)14-4-6-16(7-5-14)33(3,28)29/h4-10,12-13H,11H2,1-3H3. The normalized spacial score (nSPS) is 14.3. The van der Waals surface area contributed by atoms with E-state index in [9.17, 15) is 8.42 Å². The van der Waals surface area contributed by atoms with Gasteiger partial charge in [-0.3, -0.25) is 4.90 Å². The van der Waals surface area contributed by atoms with Crippen LogP contribution in [0.2, 0.25) is 0 Å². The lowest BCUT2D eigenvalue weighted by molar-refractivity contribution is 0.408. The molecule has 0 bridgehead atoms. The molecule has 0 spiro atoms. The first kappa shape index (κ1) is 21.3. The Morgan fingerprint density at radius 3 is 2.58 bits per heavy atom. The van der Waals surface area contributed by atoms with Gasteiger partial charge in [0.15, 0.2) is 15.7 Å². The van der Waals surface area contributed by atoms with Crippen molar-refractivity contribution >= 4 is 32.1 Å². The minimum Gasteiger partial charge on any atom is -0.430 e. The summed E-state index contributed by atoms with van der Waals surface area (Å²) in [6.07, 6.45) is 8.49. The van der Waals surface area contributed by atoms with Crippen LogP contribution in [-0.4, -0.2) is 46.0 Å². The fourth-order valence-electron chi connectivity index (χ4n) is 3.11. The van der Waals surface area contributed by atoms with E-state index >= 15 is 0 Å². The summed E-state index contributed by atoms with van der Waals surface area (Å²) in [5.41, 5.74) is 1.51. The number of fused-ring (bicyclic) bond motifs is 1. The van der Waals surface area contributed by atoms with E-state index in [0.29, 0.717) is 40.0 Å². The van der Waals surface area contributed by atoms with Crippen LogP contribution in [0.1, 0.15) is 25.6 Å². The first-order chi connectivity index (χ1) is 15.8. The molecule has 33 heavy (non-hydrogen) atoms. The third-order valence-electron chi connectivity index (χ3n) is 4.91. The van der Waals surface area contributed by atoms with Crippen LogP contribution in [0.15, 0.2) is 64.0 Å². The number of hydrogen-bond acceptors (Lipinski definition) is 10. The molecule has 1 aliphatic heterocycles. The SMILES string of the molecule is CC(C)c1noc(N2C=CC(Oc3nn4cc(-c5ccc(S(C)(=O)=O)cc5)nc4s3)=CC2)n1. The first-order valence-electron chi connectivity index (χ1n) is 10.1. The summed E-state index contributed by atoms with van der Waals surface area (Å²) in [6, 6.07) is 7.05. The van der Waals surface area contributed by atoms with Gasteiger partial charge in [-0.25, -0.2) is 17.9 Å². The maximum atomic E-state index is 11.6. The molecule has 0 fully saturated rings. The predicted octanol–water partition coefficient (Wildman–Crippen LogP) is 3.66. The highest BCUT2D eigenvalue weighted by molar-refractivity contribution is 7.90. The number of benzene rings is 1. The Balaban J connectivity index is 1.26. The molecule has 0 N–H and O–H groups in total. The van der Waals surface area contributed by atoms with E-state index < -0.39 is 9.84 Å². The van der Waals surface area contributed by atoms with Crippen molar-refractivity contribution in [2.75, 3.05) is 17.7 Å². The molecule has 0 unspecified atom stereocenters. The number of anilines is 1. The van der Waals surface area contributed by atoms with Gasteiger partial charge in [-0.05, 0) is 35.6 Å². The maximum absolute atomic E-state index is 11.6. The summed E-state index contributed by atoms with van der Waals surface area (Å²) < 4.78 is 36.1. The fraction of sp³-hybridized carbons (Fsp3) is 0.238. The minimum absolute atomic E-state index is 0.196. The summed E-state index contributed by atoms with van der Waals surface area (Å²) in [4.78, 5) is 11.7. The van der Waals surface area contributed by atoms with Crippen LogP contribution in [0, 0.1) is 0 Å². The van der Waals surface area contributed by atoms with Crippen molar-refractivity contribution in [2.45, 2.75) is 24.7 Å². The molecular weight excluding hydrogens is 464 g/mol. The van der Waals surface area contributed by atoms with Gasteiger partial charge in [0.2, 0.25) is 4.96 Å².